The Morgan fingerprint density at radius 1 is 1.62 bits per heavy atom. The first-order valence-corrected chi connectivity index (χ1v) is 6.71. The van der Waals surface area contributed by atoms with E-state index >= 15 is 0 Å². The summed E-state index contributed by atoms with van der Waals surface area (Å²) < 4.78 is 0.883. The maximum Gasteiger partial charge on any atom is 0.221 e. The van der Waals surface area contributed by atoms with Crippen LogP contribution in [0.2, 0.25) is 0 Å². The molecule has 16 heavy (non-hydrogen) atoms. The fraction of sp³-hybridized carbons (Fsp3) is 0.364. The van der Waals surface area contributed by atoms with Crippen molar-refractivity contribution in [3.63, 3.8) is 0 Å². The first-order valence-electron chi connectivity index (χ1n) is 5.19. The Labute approximate surface area is 109 Å². The van der Waals surface area contributed by atoms with Crippen LogP contribution in [0.15, 0.2) is 18.2 Å². The molecule has 2 N–H and O–H groups in total. The van der Waals surface area contributed by atoms with Crippen molar-refractivity contribution >= 4 is 39.9 Å². The number of anilines is 2. The van der Waals surface area contributed by atoms with Gasteiger partial charge in [0.15, 0.2) is 0 Å². The normalized spacial score (nSPS) is 14.5. The lowest BCUT2D eigenvalue weighted by molar-refractivity contribution is -0.114. The molecule has 1 amide bonds. The van der Waals surface area contributed by atoms with Crippen LogP contribution in [0.4, 0.5) is 11.4 Å². The number of benzene rings is 1. The van der Waals surface area contributed by atoms with Gasteiger partial charge < -0.3 is 5.32 Å². The third-order valence-corrected chi connectivity index (χ3v) is 3.23. The minimum Gasteiger partial charge on any atom is -0.326 e. The number of nitrogens with zero attached hydrogens (tertiary/aromatic N) is 1. The van der Waals surface area contributed by atoms with Crippen molar-refractivity contribution in [2.45, 2.75) is 13.3 Å². The lowest BCUT2D eigenvalue weighted by atomic mass is 10.1. The summed E-state index contributed by atoms with van der Waals surface area (Å²) in [4.78, 5) is 11.1. The number of carbonyl (C=O) groups is 1. The summed E-state index contributed by atoms with van der Waals surface area (Å²) in [6.07, 6.45) is 0.943. The Morgan fingerprint density at radius 2 is 2.44 bits per heavy atom. The van der Waals surface area contributed by atoms with Crippen LogP contribution < -0.4 is 15.8 Å². The predicted molar refractivity (Wildman–Crippen MR) is 73.8 cm³/mol. The molecular formula is C11H14IN3O. The molecule has 1 aliphatic rings. The predicted octanol–water partition coefficient (Wildman–Crippen LogP) is 1.90. The Kier molecular flexibility index (Phi) is 3.65. The van der Waals surface area contributed by atoms with Crippen molar-refractivity contribution < 1.29 is 4.79 Å². The molecule has 0 unspecified atom stereocenters. The van der Waals surface area contributed by atoms with Crippen LogP contribution in [0.25, 0.3) is 0 Å². The van der Waals surface area contributed by atoms with Crippen LogP contribution in [0.5, 0.6) is 0 Å². The number of carbonyl (C=O) groups excluding carboxylic acids is 1. The van der Waals surface area contributed by atoms with Gasteiger partial charge >= 0.3 is 0 Å². The zero-order valence-electron chi connectivity index (χ0n) is 9.09. The standard InChI is InChI=1S/C11H14IN3O/c1-8(16)14-10-3-2-4-11-9(10)5-6-13-15(11)7-12/h2-4,13H,5-7H2,1H3,(H,14,16). The van der Waals surface area contributed by atoms with E-state index in [2.05, 4.69) is 44.4 Å². The molecule has 0 spiro atoms. The zero-order valence-corrected chi connectivity index (χ0v) is 11.2. The summed E-state index contributed by atoms with van der Waals surface area (Å²) in [5.41, 5.74) is 6.63. The molecule has 0 saturated carbocycles. The van der Waals surface area contributed by atoms with E-state index in [1.165, 1.54) is 12.5 Å². The maximum absolute atomic E-state index is 11.1. The van der Waals surface area contributed by atoms with E-state index in [1.807, 2.05) is 12.1 Å². The van der Waals surface area contributed by atoms with Gasteiger partial charge in [0.1, 0.15) is 0 Å². The van der Waals surface area contributed by atoms with E-state index in [9.17, 15) is 4.79 Å². The van der Waals surface area contributed by atoms with Crippen molar-refractivity contribution in [3.8, 4) is 0 Å². The molecule has 1 aromatic carbocycles. The molecule has 0 fully saturated rings. The van der Waals surface area contributed by atoms with Gasteiger partial charge in [0.05, 0.1) is 10.2 Å². The maximum atomic E-state index is 11.1. The van der Waals surface area contributed by atoms with Gasteiger partial charge in [0.25, 0.3) is 0 Å². The summed E-state index contributed by atoms with van der Waals surface area (Å²) >= 11 is 2.32. The lowest BCUT2D eigenvalue weighted by Crippen LogP contribution is -2.42. The van der Waals surface area contributed by atoms with Crippen LogP contribution in [0, 0.1) is 0 Å². The van der Waals surface area contributed by atoms with Crippen LogP contribution >= 0.6 is 22.6 Å². The summed E-state index contributed by atoms with van der Waals surface area (Å²) in [7, 11) is 0. The molecular weight excluding hydrogens is 317 g/mol. The molecule has 86 valence electrons. The molecule has 0 radical (unpaired) electrons. The van der Waals surface area contributed by atoms with Gasteiger partial charge in [-0.05, 0) is 18.6 Å². The molecule has 0 aromatic heterocycles. The van der Waals surface area contributed by atoms with Gasteiger partial charge in [0, 0.05) is 24.7 Å². The average molecular weight is 331 g/mol. The van der Waals surface area contributed by atoms with Crippen molar-refractivity contribution in [2.24, 2.45) is 0 Å². The second-order valence-electron chi connectivity index (χ2n) is 3.69. The van der Waals surface area contributed by atoms with Crippen molar-refractivity contribution in [3.05, 3.63) is 23.8 Å². The number of fused-ring (bicyclic) bond motifs is 1. The van der Waals surface area contributed by atoms with E-state index in [0.717, 1.165) is 28.9 Å². The number of amides is 1. The average Bonchev–Trinajstić information content (AvgIpc) is 2.28. The number of rotatable bonds is 2. The molecule has 0 bridgehead atoms. The van der Waals surface area contributed by atoms with Crippen LogP contribution in [0.1, 0.15) is 12.5 Å². The van der Waals surface area contributed by atoms with E-state index < -0.39 is 0 Å². The summed E-state index contributed by atoms with van der Waals surface area (Å²) in [5.74, 6) is -0.0204. The summed E-state index contributed by atoms with van der Waals surface area (Å²) in [6, 6.07) is 6.00. The molecule has 1 aromatic rings. The van der Waals surface area contributed by atoms with E-state index in [0.29, 0.717) is 0 Å². The minimum absolute atomic E-state index is 0.0204. The first-order chi connectivity index (χ1) is 7.72. The molecule has 0 saturated heterocycles. The van der Waals surface area contributed by atoms with Gasteiger partial charge in [-0.2, -0.15) is 0 Å². The highest BCUT2D eigenvalue weighted by Crippen LogP contribution is 2.30. The van der Waals surface area contributed by atoms with Crippen molar-refractivity contribution in [2.75, 3.05) is 21.4 Å². The first kappa shape index (κ1) is 11.7. The molecule has 4 nitrogen and oxygen atoms in total. The summed E-state index contributed by atoms with van der Waals surface area (Å²) in [5, 5.41) is 4.98. The second kappa shape index (κ2) is 5.01. The molecule has 5 heteroatoms. The van der Waals surface area contributed by atoms with Gasteiger partial charge in [-0.15, -0.1) is 0 Å². The van der Waals surface area contributed by atoms with Gasteiger partial charge in [-0.3, -0.25) is 9.80 Å². The quantitative estimate of drug-likeness (QED) is 0.494. The highest BCUT2D eigenvalue weighted by molar-refractivity contribution is 14.1. The smallest absolute Gasteiger partial charge is 0.221 e. The van der Waals surface area contributed by atoms with Gasteiger partial charge in [0.2, 0.25) is 5.91 Å². The largest absolute Gasteiger partial charge is 0.326 e. The monoisotopic (exact) mass is 331 g/mol. The fourth-order valence-electron chi connectivity index (χ4n) is 1.90. The third kappa shape index (κ3) is 2.30. The SMILES string of the molecule is CC(=O)Nc1cccc2c1CCNN2CI. The van der Waals surface area contributed by atoms with Crippen molar-refractivity contribution in [1.29, 1.82) is 0 Å². The van der Waals surface area contributed by atoms with Crippen LogP contribution in [0.3, 0.4) is 0 Å². The molecule has 0 aliphatic carbocycles. The van der Waals surface area contributed by atoms with E-state index in [-0.39, 0.29) is 5.91 Å². The van der Waals surface area contributed by atoms with E-state index in [4.69, 9.17) is 0 Å². The summed E-state index contributed by atoms with van der Waals surface area (Å²) in [6.45, 7) is 2.45. The third-order valence-electron chi connectivity index (χ3n) is 2.55. The number of halogens is 1. The van der Waals surface area contributed by atoms with Crippen molar-refractivity contribution in [1.82, 2.24) is 5.43 Å². The molecule has 0 atom stereocenters. The number of alkyl halides is 1. The molecule has 1 aliphatic heterocycles. The van der Waals surface area contributed by atoms with E-state index in [1.54, 1.807) is 0 Å². The zero-order chi connectivity index (χ0) is 11.5. The Balaban J connectivity index is 2.38. The Hall–Kier alpha value is -0.820. The molecule has 2 rings (SSSR count). The number of hydrogen-bond donors (Lipinski definition) is 2. The highest BCUT2D eigenvalue weighted by atomic mass is 127. The number of hydrazine groups is 1. The second-order valence-corrected chi connectivity index (χ2v) is 4.37. The van der Waals surface area contributed by atoms with Crippen LogP contribution in [-0.2, 0) is 11.2 Å². The minimum atomic E-state index is -0.0204. The van der Waals surface area contributed by atoms with Gasteiger partial charge in [-0.25, -0.2) is 5.43 Å². The topological polar surface area (TPSA) is 44.4 Å². The Morgan fingerprint density at radius 3 is 3.12 bits per heavy atom. The Bertz CT molecular complexity index is 408. The highest BCUT2D eigenvalue weighted by Gasteiger charge is 2.18. The van der Waals surface area contributed by atoms with Crippen LogP contribution in [-0.4, -0.2) is 17.0 Å². The molecule has 1 heterocycles. The number of nitrogens with one attached hydrogen (secondary N) is 2. The van der Waals surface area contributed by atoms with Gasteiger partial charge in [-0.1, -0.05) is 28.7 Å². The fourth-order valence-corrected chi connectivity index (χ4v) is 2.51. The number of hydrogen-bond acceptors (Lipinski definition) is 3. The lowest BCUT2D eigenvalue weighted by Gasteiger charge is -2.31.